The number of ether oxygens (including phenoxy) is 1. The van der Waals surface area contributed by atoms with Gasteiger partial charge in [-0.1, -0.05) is 18.5 Å². The van der Waals surface area contributed by atoms with Crippen molar-refractivity contribution in [1.29, 1.82) is 0 Å². The lowest BCUT2D eigenvalue weighted by atomic mass is 10.2. The zero-order valence-electron chi connectivity index (χ0n) is 9.95. The minimum atomic E-state index is -0.569. The summed E-state index contributed by atoms with van der Waals surface area (Å²) in [4.78, 5) is 7.90. The van der Waals surface area contributed by atoms with Crippen molar-refractivity contribution >= 4 is 33.3 Å². The van der Waals surface area contributed by atoms with Gasteiger partial charge in [-0.15, -0.1) is 0 Å². The molecule has 100 valence electrons. The van der Waals surface area contributed by atoms with Gasteiger partial charge in [0, 0.05) is 6.07 Å². The van der Waals surface area contributed by atoms with Gasteiger partial charge < -0.3 is 10.5 Å². The molecule has 0 atom stereocenters. The van der Waals surface area contributed by atoms with Gasteiger partial charge in [0.05, 0.1) is 15.1 Å². The van der Waals surface area contributed by atoms with E-state index in [4.69, 9.17) is 22.1 Å². The van der Waals surface area contributed by atoms with E-state index in [1.165, 1.54) is 18.5 Å². The molecule has 0 saturated carbocycles. The van der Waals surface area contributed by atoms with Gasteiger partial charge in [0.15, 0.2) is 0 Å². The van der Waals surface area contributed by atoms with Crippen LogP contribution in [-0.2, 0) is 6.42 Å². The van der Waals surface area contributed by atoms with Crippen LogP contribution < -0.4 is 10.5 Å². The van der Waals surface area contributed by atoms with Gasteiger partial charge >= 0.3 is 0 Å². The average Bonchev–Trinajstić information content (AvgIpc) is 2.36. The van der Waals surface area contributed by atoms with E-state index in [0.717, 1.165) is 0 Å². The van der Waals surface area contributed by atoms with Crippen LogP contribution in [0, 0.1) is 5.82 Å². The van der Waals surface area contributed by atoms with Crippen molar-refractivity contribution in [1.82, 2.24) is 9.97 Å². The monoisotopic (exact) mass is 345 g/mol. The number of hydrogen-bond donors (Lipinski definition) is 1. The van der Waals surface area contributed by atoms with Gasteiger partial charge in [0.2, 0.25) is 5.88 Å². The second kappa shape index (κ2) is 5.71. The van der Waals surface area contributed by atoms with E-state index in [2.05, 4.69) is 25.9 Å². The molecule has 7 heteroatoms. The third kappa shape index (κ3) is 2.96. The molecule has 2 aromatic rings. The van der Waals surface area contributed by atoms with Gasteiger partial charge in [-0.2, -0.15) is 0 Å². The number of aromatic nitrogens is 2. The summed E-state index contributed by atoms with van der Waals surface area (Å²) in [6, 6.07) is 2.60. The molecule has 0 aliphatic heterocycles. The van der Waals surface area contributed by atoms with Crippen molar-refractivity contribution in [2.24, 2.45) is 0 Å². The number of nitrogens with zero attached hydrogens (tertiary/aromatic N) is 2. The third-order valence-corrected chi connectivity index (χ3v) is 3.38. The summed E-state index contributed by atoms with van der Waals surface area (Å²) >= 11 is 8.92. The first-order chi connectivity index (χ1) is 9.02. The highest BCUT2D eigenvalue weighted by atomic mass is 79.9. The van der Waals surface area contributed by atoms with Gasteiger partial charge in [-0.3, -0.25) is 0 Å². The summed E-state index contributed by atoms with van der Waals surface area (Å²) in [5.74, 6) is 0.352. The molecule has 0 spiro atoms. The summed E-state index contributed by atoms with van der Waals surface area (Å²) in [5, 5.41) is 0.0112. The number of hydrogen-bond acceptors (Lipinski definition) is 4. The van der Waals surface area contributed by atoms with Crippen LogP contribution in [0.3, 0.4) is 0 Å². The highest BCUT2D eigenvalue weighted by Crippen LogP contribution is 2.34. The molecule has 0 unspecified atom stereocenters. The maximum Gasteiger partial charge on any atom is 0.227 e. The second-order valence-electron chi connectivity index (χ2n) is 3.69. The number of nitrogens with two attached hydrogens (primary N) is 1. The van der Waals surface area contributed by atoms with E-state index in [9.17, 15) is 4.39 Å². The Morgan fingerprint density at radius 2 is 2.16 bits per heavy atom. The lowest BCUT2D eigenvalue weighted by molar-refractivity contribution is 0.448. The first kappa shape index (κ1) is 14.0. The molecular formula is C12H10BrClFN3O. The molecule has 0 aliphatic rings. The topological polar surface area (TPSA) is 61.0 Å². The molecule has 1 aromatic carbocycles. The molecule has 4 nitrogen and oxygen atoms in total. The van der Waals surface area contributed by atoms with Crippen molar-refractivity contribution < 1.29 is 9.13 Å². The van der Waals surface area contributed by atoms with E-state index in [1.54, 1.807) is 0 Å². The van der Waals surface area contributed by atoms with Crippen molar-refractivity contribution in [2.45, 2.75) is 13.3 Å². The number of nitrogen functional groups attached to an aromatic ring is 1. The Labute approximate surface area is 122 Å². The zero-order valence-corrected chi connectivity index (χ0v) is 12.3. The lowest BCUT2D eigenvalue weighted by Crippen LogP contribution is -2.02. The molecule has 0 aliphatic carbocycles. The second-order valence-corrected chi connectivity index (χ2v) is 4.96. The Kier molecular flexibility index (Phi) is 4.21. The van der Waals surface area contributed by atoms with Crippen molar-refractivity contribution in [3.05, 3.63) is 39.3 Å². The molecule has 19 heavy (non-hydrogen) atoms. The molecule has 2 N–H and O–H groups in total. The third-order valence-electron chi connectivity index (χ3n) is 2.47. The number of rotatable bonds is 3. The predicted molar refractivity (Wildman–Crippen MR) is 75.0 cm³/mol. The summed E-state index contributed by atoms with van der Waals surface area (Å²) in [6.07, 6.45) is 1.90. The standard InChI is InChI=1S/C12H10BrClFN3O/c1-2-6-11(16)17-5-18-12(6)19-10-4-9(15)8(14)3-7(10)13/h3-5H,2H2,1H3,(H2,16,17,18). The van der Waals surface area contributed by atoms with Crippen LogP contribution in [0.25, 0.3) is 0 Å². The fourth-order valence-electron chi connectivity index (χ4n) is 1.52. The molecular weight excluding hydrogens is 337 g/mol. The predicted octanol–water partition coefficient (Wildman–Crippen LogP) is 3.97. The summed E-state index contributed by atoms with van der Waals surface area (Å²) in [6.45, 7) is 1.90. The number of benzene rings is 1. The van der Waals surface area contributed by atoms with Gasteiger partial charge in [0.25, 0.3) is 0 Å². The fourth-order valence-corrected chi connectivity index (χ4v) is 2.24. The van der Waals surface area contributed by atoms with Gasteiger partial charge in [0.1, 0.15) is 23.7 Å². The fraction of sp³-hybridized carbons (Fsp3) is 0.167. The van der Waals surface area contributed by atoms with E-state index in [0.29, 0.717) is 28.2 Å². The van der Waals surface area contributed by atoms with E-state index >= 15 is 0 Å². The SMILES string of the molecule is CCc1c(N)ncnc1Oc1cc(F)c(Cl)cc1Br. The molecule has 1 aromatic heterocycles. The normalized spacial score (nSPS) is 10.5. The Hall–Kier alpha value is -1.40. The maximum atomic E-state index is 13.4. The first-order valence-corrected chi connectivity index (χ1v) is 6.61. The van der Waals surface area contributed by atoms with Crippen LogP contribution in [-0.4, -0.2) is 9.97 Å². The van der Waals surface area contributed by atoms with Crippen LogP contribution in [0.5, 0.6) is 11.6 Å². The first-order valence-electron chi connectivity index (χ1n) is 5.44. The summed E-state index contributed by atoms with van der Waals surface area (Å²) in [5.41, 5.74) is 6.41. The van der Waals surface area contributed by atoms with Crippen molar-refractivity contribution in [3.63, 3.8) is 0 Å². The van der Waals surface area contributed by atoms with Crippen LogP contribution in [0.4, 0.5) is 10.2 Å². The van der Waals surface area contributed by atoms with Gasteiger partial charge in [-0.25, -0.2) is 14.4 Å². The van der Waals surface area contributed by atoms with E-state index in [1.807, 2.05) is 6.92 Å². The van der Waals surface area contributed by atoms with Crippen LogP contribution in [0.2, 0.25) is 5.02 Å². The Balaban J connectivity index is 2.42. The zero-order chi connectivity index (χ0) is 14.0. The minimum Gasteiger partial charge on any atom is -0.437 e. The van der Waals surface area contributed by atoms with E-state index in [-0.39, 0.29) is 10.8 Å². The quantitative estimate of drug-likeness (QED) is 0.854. The number of anilines is 1. The molecule has 0 amide bonds. The Bertz CT molecular complexity index is 624. The molecule has 0 fully saturated rings. The average molecular weight is 347 g/mol. The lowest BCUT2D eigenvalue weighted by Gasteiger charge is -2.11. The van der Waals surface area contributed by atoms with Crippen molar-refractivity contribution in [2.75, 3.05) is 5.73 Å². The summed E-state index contributed by atoms with van der Waals surface area (Å²) in [7, 11) is 0. The van der Waals surface area contributed by atoms with Crippen LogP contribution in [0.1, 0.15) is 12.5 Å². The van der Waals surface area contributed by atoms with Gasteiger partial charge in [-0.05, 0) is 28.4 Å². The highest BCUT2D eigenvalue weighted by Gasteiger charge is 2.13. The smallest absolute Gasteiger partial charge is 0.227 e. The molecule has 0 radical (unpaired) electrons. The molecule has 1 heterocycles. The van der Waals surface area contributed by atoms with Crippen molar-refractivity contribution in [3.8, 4) is 11.6 Å². The van der Waals surface area contributed by atoms with Crippen LogP contribution in [0.15, 0.2) is 22.9 Å². The Morgan fingerprint density at radius 1 is 1.42 bits per heavy atom. The molecule has 0 saturated heterocycles. The molecule has 0 bridgehead atoms. The molecule has 2 rings (SSSR count). The summed E-state index contributed by atoms with van der Waals surface area (Å²) < 4.78 is 19.5. The number of halogens is 3. The maximum absolute atomic E-state index is 13.4. The van der Waals surface area contributed by atoms with E-state index < -0.39 is 5.82 Å². The highest BCUT2D eigenvalue weighted by molar-refractivity contribution is 9.10. The van der Waals surface area contributed by atoms with Crippen LogP contribution >= 0.6 is 27.5 Å². The largest absolute Gasteiger partial charge is 0.437 e. The minimum absolute atomic E-state index is 0.0112. The Morgan fingerprint density at radius 3 is 2.84 bits per heavy atom.